The number of primary amides is 1. The lowest BCUT2D eigenvalue weighted by atomic mass is 9.97. The van der Waals surface area contributed by atoms with E-state index in [0.29, 0.717) is 24.3 Å². The number of phenolic OH excluding ortho intramolecular Hbond substituents is 1. The van der Waals surface area contributed by atoms with E-state index in [0.717, 1.165) is 64.6 Å². The van der Waals surface area contributed by atoms with Crippen LogP contribution in [0.2, 0.25) is 0 Å². The van der Waals surface area contributed by atoms with E-state index in [2.05, 4.69) is 34.5 Å². The van der Waals surface area contributed by atoms with Crippen LogP contribution >= 0.6 is 0 Å². The molecule has 2 saturated heterocycles. The van der Waals surface area contributed by atoms with E-state index in [1.807, 2.05) is 18.2 Å². The minimum absolute atomic E-state index is 0.218. The van der Waals surface area contributed by atoms with Gasteiger partial charge in [0.25, 0.3) is 0 Å². The number of aromatic hydroxyl groups is 1. The maximum atomic E-state index is 11.5. The summed E-state index contributed by atoms with van der Waals surface area (Å²) in [6.45, 7) is 1.90. The number of nitrogens with zero attached hydrogens (tertiary/aromatic N) is 3. The normalized spacial score (nSPS) is 19.7. The zero-order valence-electron chi connectivity index (χ0n) is 18.9. The number of hydrogen-bond donors (Lipinski definition) is 3. The fourth-order valence-corrected chi connectivity index (χ4v) is 5.53. The van der Waals surface area contributed by atoms with Gasteiger partial charge >= 0.3 is 0 Å². The highest BCUT2D eigenvalue weighted by atomic mass is 16.3. The van der Waals surface area contributed by atoms with Gasteiger partial charge in [0.15, 0.2) is 0 Å². The fraction of sp³-hybridized carbons (Fsp3) is 0.296. The van der Waals surface area contributed by atoms with E-state index >= 15 is 0 Å². The molecule has 1 amide bonds. The molecule has 0 aliphatic carbocycles. The van der Waals surface area contributed by atoms with Crippen LogP contribution in [0.3, 0.4) is 0 Å². The van der Waals surface area contributed by atoms with Crippen LogP contribution < -0.4 is 16.0 Å². The lowest BCUT2D eigenvalue weighted by Crippen LogP contribution is -2.52. The SMILES string of the molecule is NC(=O)CCc1nc(N2C3CCC2CNC3)c2ccc(-c3cc(O)cc4ccccc34)cc2n1. The van der Waals surface area contributed by atoms with Crippen LogP contribution in [0.4, 0.5) is 5.82 Å². The number of hydrogen-bond acceptors (Lipinski definition) is 6. The van der Waals surface area contributed by atoms with Crippen molar-refractivity contribution >= 4 is 33.4 Å². The third kappa shape index (κ3) is 3.62. The molecule has 3 heterocycles. The maximum absolute atomic E-state index is 11.5. The molecule has 0 saturated carbocycles. The van der Waals surface area contributed by atoms with Gasteiger partial charge in [-0.1, -0.05) is 30.3 Å². The van der Waals surface area contributed by atoms with Gasteiger partial charge in [-0.3, -0.25) is 4.79 Å². The average Bonchev–Trinajstić information content (AvgIpc) is 3.08. The Kier molecular flexibility index (Phi) is 5.07. The summed E-state index contributed by atoms with van der Waals surface area (Å²) in [4.78, 5) is 23.7. The molecule has 3 aromatic carbocycles. The monoisotopic (exact) mass is 453 g/mol. The number of benzene rings is 3. The number of aryl methyl sites for hydroxylation is 1. The van der Waals surface area contributed by atoms with E-state index in [1.165, 1.54) is 0 Å². The second-order valence-corrected chi connectivity index (χ2v) is 9.33. The molecule has 4 aromatic rings. The first kappa shape index (κ1) is 20.9. The van der Waals surface area contributed by atoms with Gasteiger partial charge in [-0.15, -0.1) is 0 Å². The molecule has 34 heavy (non-hydrogen) atoms. The van der Waals surface area contributed by atoms with Crippen LogP contribution in [-0.4, -0.2) is 46.2 Å². The summed E-state index contributed by atoms with van der Waals surface area (Å²) in [7, 11) is 0. The Bertz CT molecular complexity index is 1400. The molecule has 7 nitrogen and oxygen atoms in total. The van der Waals surface area contributed by atoms with Crippen molar-refractivity contribution in [3.8, 4) is 16.9 Å². The molecule has 172 valence electrons. The summed E-state index contributed by atoms with van der Waals surface area (Å²) in [6.07, 6.45) is 2.93. The van der Waals surface area contributed by atoms with E-state index in [1.54, 1.807) is 12.1 Å². The highest BCUT2D eigenvalue weighted by molar-refractivity contribution is 6.01. The molecule has 0 spiro atoms. The summed E-state index contributed by atoms with van der Waals surface area (Å²) in [5, 5.41) is 16.9. The molecule has 2 fully saturated rings. The minimum atomic E-state index is -0.354. The summed E-state index contributed by atoms with van der Waals surface area (Å²) in [5.41, 5.74) is 8.20. The highest BCUT2D eigenvalue weighted by Crippen LogP contribution is 2.38. The van der Waals surface area contributed by atoms with Gasteiger partial charge < -0.3 is 21.1 Å². The van der Waals surface area contributed by atoms with Crippen LogP contribution in [0.5, 0.6) is 5.75 Å². The standard InChI is InChI=1S/C27H27N5O2/c28-25(34)9-10-26-30-24-12-17(23-13-20(33)11-16-3-1-2-4-21(16)23)5-8-22(24)27(31-26)32-18-6-7-19(32)15-29-14-18/h1-5,8,11-13,18-19,29,33H,6-7,9-10,14-15H2,(H2,28,34). The Morgan fingerprint density at radius 1 is 1.03 bits per heavy atom. The smallest absolute Gasteiger partial charge is 0.217 e. The third-order valence-corrected chi connectivity index (χ3v) is 7.10. The third-order valence-electron chi connectivity index (χ3n) is 7.10. The van der Waals surface area contributed by atoms with Crippen LogP contribution in [0, 0.1) is 0 Å². The van der Waals surface area contributed by atoms with Crippen LogP contribution in [0.1, 0.15) is 25.1 Å². The van der Waals surface area contributed by atoms with Gasteiger partial charge in [-0.2, -0.15) is 0 Å². The average molecular weight is 454 g/mol. The van der Waals surface area contributed by atoms with Gasteiger partial charge in [0, 0.05) is 43.4 Å². The molecule has 2 atom stereocenters. The molecule has 2 aliphatic heterocycles. The van der Waals surface area contributed by atoms with Crippen LogP contribution in [0.15, 0.2) is 54.6 Å². The lowest BCUT2D eigenvalue weighted by Gasteiger charge is -2.37. The van der Waals surface area contributed by atoms with Crippen molar-refractivity contribution in [1.82, 2.24) is 15.3 Å². The second-order valence-electron chi connectivity index (χ2n) is 9.33. The zero-order valence-corrected chi connectivity index (χ0v) is 18.9. The lowest BCUT2D eigenvalue weighted by molar-refractivity contribution is -0.118. The van der Waals surface area contributed by atoms with Crippen LogP contribution in [0.25, 0.3) is 32.8 Å². The topological polar surface area (TPSA) is 104 Å². The Morgan fingerprint density at radius 2 is 1.82 bits per heavy atom. The molecule has 0 radical (unpaired) electrons. The number of nitrogens with two attached hydrogens (primary N) is 1. The van der Waals surface area contributed by atoms with Gasteiger partial charge in [-0.25, -0.2) is 9.97 Å². The first-order chi connectivity index (χ1) is 16.6. The molecule has 2 aliphatic rings. The molecule has 2 unspecified atom stereocenters. The maximum Gasteiger partial charge on any atom is 0.217 e. The number of carbonyl (C=O) groups is 1. The van der Waals surface area contributed by atoms with Gasteiger partial charge in [0.2, 0.25) is 5.91 Å². The molecule has 4 N–H and O–H groups in total. The fourth-order valence-electron chi connectivity index (χ4n) is 5.53. The van der Waals surface area contributed by atoms with E-state index in [9.17, 15) is 9.90 Å². The van der Waals surface area contributed by atoms with E-state index < -0.39 is 0 Å². The molecular formula is C27H27N5O2. The van der Waals surface area contributed by atoms with Crippen molar-refractivity contribution in [2.75, 3.05) is 18.0 Å². The van der Waals surface area contributed by atoms with Crippen molar-refractivity contribution in [2.45, 2.75) is 37.8 Å². The number of rotatable bonds is 5. The highest BCUT2D eigenvalue weighted by Gasteiger charge is 2.38. The Hall–Kier alpha value is -3.71. The van der Waals surface area contributed by atoms with Crippen molar-refractivity contribution < 1.29 is 9.90 Å². The first-order valence-corrected chi connectivity index (χ1v) is 11.9. The summed E-state index contributed by atoms with van der Waals surface area (Å²) < 4.78 is 0. The second kappa shape index (κ2) is 8.25. The number of phenols is 1. The van der Waals surface area contributed by atoms with Crippen molar-refractivity contribution in [2.24, 2.45) is 5.73 Å². The van der Waals surface area contributed by atoms with Gasteiger partial charge in [0.1, 0.15) is 17.4 Å². The molecule has 7 heteroatoms. The van der Waals surface area contributed by atoms with Crippen LogP contribution in [-0.2, 0) is 11.2 Å². The van der Waals surface area contributed by atoms with Crippen molar-refractivity contribution in [1.29, 1.82) is 0 Å². The number of anilines is 1. The summed E-state index contributed by atoms with van der Waals surface area (Å²) in [6, 6.07) is 18.7. The summed E-state index contributed by atoms with van der Waals surface area (Å²) >= 11 is 0. The van der Waals surface area contributed by atoms with Crippen molar-refractivity contribution in [3.05, 3.63) is 60.4 Å². The largest absolute Gasteiger partial charge is 0.508 e. The quantitative estimate of drug-likeness (QED) is 0.427. The predicted molar refractivity (Wildman–Crippen MR) is 134 cm³/mol. The molecule has 6 rings (SSSR count). The minimum Gasteiger partial charge on any atom is -0.508 e. The van der Waals surface area contributed by atoms with Gasteiger partial charge in [-0.05, 0) is 59.0 Å². The number of carbonyl (C=O) groups excluding carboxylic acids is 1. The summed E-state index contributed by atoms with van der Waals surface area (Å²) in [5.74, 6) is 1.46. The number of piperazine rings is 1. The Balaban J connectivity index is 1.52. The molecule has 2 bridgehead atoms. The number of nitrogens with one attached hydrogen (secondary N) is 1. The molecule has 1 aromatic heterocycles. The predicted octanol–water partition coefficient (Wildman–Crippen LogP) is 3.51. The molecular weight excluding hydrogens is 426 g/mol. The van der Waals surface area contributed by atoms with E-state index in [4.69, 9.17) is 15.7 Å². The number of aromatic nitrogens is 2. The Morgan fingerprint density at radius 3 is 2.62 bits per heavy atom. The van der Waals surface area contributed by atoms with Crippen molar-refractivity contribution in [3.63, 3.8) is 0 Å². The zero-order chi connectivity index (χ0) is 23.2. The number of fused-ring (bicyclic) bond motifs is 4. The van der Waals surface area contributed by atoms with Gasteiger partial charge in [0.05, 0.1) is 5.52 Å². The first-order valence-electron chi connectivity index (χ1n) is 11.9. The van der Waals surface area contributed by atoms with E-state index in [-0.39, 0.29) is 18.1 Å². The Labute approximate surface area is 197 Å². The number of amides is 1.